The van der Waals surface area contributed by atoms with Gasteiger partial charge in [0.2, 0.25) is 0 Å². The molecule has 1 atom stereocenters. The molecule has 1 aliphatic rings. The van der Waals surface area contributed by atoms with Crippen LogP contribution < -0.4 is 0 Å². The first-order valence-corrected chi connectivity index (χ1v) is 7.34. The normalized spacial score (nSPS) is 20.2. The van der Waals surface area contributed by atoms with Crippen molar-refractivity contribution in [2.24, 2.45) is 0 Å². The van der Waals surface area contributed by atoms with Gasteiger partial charge in [0.25, 0.3) is 0 Å². The maximum absolute atomic E-state index is 2.33. The summed E-state index contributed by atoms with van der Waals surface area (Å²) in [6.45, 7) is 6.57. The molecular formula is C16H21NS. The Balaban J connectivity index is 2.03. The van der Waals surface area contributed by atoms with Crippen LogP contribution in [0.4, 0.5) is 0 Å². The minimum absolute atomic E-state index is 0.441. The van der Waals surface area contributed by atoms with E-state index in [1.165, 1.54) is 21.7 Å². The lowest BCUT2D eigenvalue weighted by molar-refractivity contribution is 0.447. The molecule has 0 amide bonds. The van der Waals surface area contributed by atoms with Crippen molar-refractivity contribution in [3.05, 3.63) is 52.1 Å². The molecule has 0 aliphatic carbocycles. The Morgan fingerprint density at radius 3 is 2.39 bits per heavy atom. The molecule has 0 N–H and O–H groups in total. The Kier molecular flexibility index (Phi) is 4.18. The highest BCUT2D eigenvalue weighted by Crippen LogP contribution is 2.36. The van der Waals surface area contributed by atoms with E-state index in [0.717, 1.165) is 6.42 Å². The second-order valence-electron chi connectivity index (χ2n) is 4.72. The summed E-state index contributed by atoms with van der Waals surface area (Å²) in [6, 6.07) is 8.81. The van der Waals surface area contributed by atoms with E-state index in [9.17, 15) is 0 Å². The summed E-state index contributed by atoms with van der Waals surface area (Å²) < 4.78 is 0. The molecule has 1 nitrogen and oxygen atoms in total. The predicted octanol–water partition coefficient (Wildman–Crippen LogP) is 4.52. The summed E-state index contributed by atoms with van der Waals surface area (Å²) in [7, 11) is 2.16. The van der Waals surface area contributed by atoms with E-state index >= 15 is 0 Å². The molecule has 0 aromatic heterocycles. The Morgan fingerprint density at radius 1 is 1.22 bits per heavy atom. The average Bonchev–Trinajstić information content (AvgIpc) is 2.64. The molecule has 0 radical (unpaired) electrons. The first-order valence-electron chi connectivity index (χ1n) is 6.46. The van der Waals surface area contributed by atoms with Crippen LogP contribution in [0.3, 0.4) is 0 Å². The smallest absolute Gasteiger partial charge is 0.0976 e. The number of rotatable bonds is 3. The van der Waals surface area contributed by atoms with Gasteiger partial charge in [-0.15, -0.1) is 0 Å². The Bertz CT molecular complexity index is 470. The minimum atomic E-state index is 0.441. The van der Waals surface area contributed by atoms with E-state index < -0.39 is 0 Å². The van der Waals surface area contributed by atoms with Crippen molar-refractivity contribution in [2.45, 2.75) is 32.6 Å². The van der Waals surface area contributed by atoms with E-state index in [2.05, 4.69) is 69.1 Å². The zero-order valence-electron chi connectivity index (χ0n) is 11.6. The number of hydrogen-bond donors (Lipinski definition) is 0. The molecule has 0 saturated heterocycles. The molecule has 0 saturated carbocycles. The maximum atomic E-state index is 2.33. The highest BCUT2D eigenvalue weighted by Gasteiger charge is 2.22. The monoisotopic (exact) mass is 259 g/mol. The van der Waals surface area contributed by atoms with E-state index in [0.29, 0.717) is 5.37 Å². The van der Waals surface area contributed by atoms with Crippen molar-refractivity contribution >= 4 is 17.8 Å². The van der Waals surface area contributed by atoms with Crippen molar-refractivity contribution in [3.63, 3.8) is 0 Å². The second kappa shape index (κ2) is 5.66. The van der Waals surface area contributed by atoms with Gasteiger partial charge in [-0.2, -0.15) is 0 Å². The van der Waals surface area contributed by atoms with Crippen LogP contribution in [0.1, 0.15) is 31.9 Å². The van der Waals surface area contributed by atoms with Crippen molar-refractivity contribution < 1.29 is 0 Å². The van der Waals surface area contributed by atoms with Gasteiger partial charge in [-0.25, -0.2) is 0 Å². The quantitative estimate of drug-likeness (QED) is 0.785. The fourth-order valence-corrected chi connectivity index (χ4v) is 3.16. The SMILES string of the molecule is CCc1ccc(/C=C/C2SC(C)=C(C)N2C)cc1. The molecule has 2 heteroatoms. The van der Waals surface area contributed by atoms with Gasteiger partial charge in [-0.1, -0.05) is 55.1 Å². The number of thioether (sulfide) groups is 1. The number of likely N-dealkylation sites (N-methyl/N-ethyl adjacent to an activating group) is 1. The summed E-state index contributed by atoms with van der Waals surface area (Å²) >= 11 is 1.93. The standard InChI is InChI=1S/C16H21NS/c1-5-14-6-8-15(9-7-14)10-11-16-17(4)12(2)13(3)18-16/h6-11,16H,5H2,1-4H3/b11-10+. The summed E-state index contributed by atoms with van der Waals surface area (Å²) in [6.07, 6.45) is 5.61. The molecule has 2 rings (SSSR count). The molecule has 18 heavy (non-hydrogen) atoms. The van der Waals surface area contributed by atoms with Gasteiger partial charge >= 0.3 is 0 Å². The molecule has 0 bridgehead atoms. The van der Waals surface area contributed by atoms with Crippen molar-refractivity contribution in [3.8, 4) is 0 Å². The number of nitrogens with zero attached hydrogens (tertiary/aromatic N) is 1. The average molecular weight is 259 g/mol. The van der Waals surface area contributed by atoms with Gasteiger partial charge in [-0.3, -0.25) is 0 Å². The van der Waals surface area contributed by atoms with Crippen LogP contribution in [0.5, 0.6) is 0 Å². The highest BCUT2D eigenvalue weighted by molar-refractivity contribution is 8.04. The molecule has 96 valence electrons. The van der Waals surface area contributed by atoms with Crippen LogP contribution in [0.15, 0.2) is 40.9 Å². The predicted molar refractivity (Wildman–Crippen MR) is 82.4 cm³/mol. The lowest BCUT2D eigenvalue weighted by atomic mass is 10.1. The van der Waals surface area contributed by atoms with Crippen molar-refractivity contribution in [1.29, 1.82) is 0 Å². The van der Waals surface area contributed by atoms with Crippen molar-refractivity contribution in [1.82, 2.24) is 4.90 Å². The van der Waals surface area contributed by atoms with Crippen LogP contribution in [-0.2, 0) is 6.42 Å². The highest BCUT2D eigenvalue weighted by atomic mass is 32.2. The zero-order chi connectivity index (χ0) is 13.1. The third-order valence-corrected chi connectivity index (χ3v) is 4.92. The van der Waals surface area contributed by atoms with E-state index in [4.69, 9.17) is 0 Å². The Labute approximate surface area is 115 Å². The maximum Gasteiger partial charge on any atom is 0.0976 e. The molecule has 0 fully saturated rings. The molecule has 0 spiro atoms. The number of hydrogen-bond acceptors (Lipinski definition) is 2. The second-order valence-corrected chi connectivity index (χ2v) is 6.05. The fraction of sp³-hybridized carbons (Fsp3) is 0.375. The molecular weight excluding hydrogens is 238 g/mol. The zero-order valence-corrected chi connectivity index (χ0v) is 12.4. The number of allylic oxidation sites excluding steroid dienone is 2. The molecule has 1 heterocycles. The lowest BCUT2D eigenvalue weighted by Gasteiger charge is -2.19. The first-order chi connectivity index (χ1) is 8.61. The molecule has 1 aromatic carbocycles. The van der Waals surface area contributed by atoms with Gasteiger partial charge in [0.15, 0.2) is 0 Å². The Morgan fingerprint density at radius 2 is 1.89 bits per heavy atom. The van der Waals surface area contributed by atoms with Crippen LogP contribution in [0, 0.1) is 0 Å². The van der Waals surface area contributed by atoms with Crippen LogP contribution in [-0.4, -0.2) is 17.3 Å². The topological polar surface area (TPSA) is 3.24 Å². The van der Waals surface area contributed by atoms with Crippen LogP contribution in [0.2, 0.25) is 0 Å². The first kappa shape index (κ1) is 13.3. The Hall–Kier alpha value is -1.15. The van der Waals surface area contributed by atoms with E-state index in [1.807, 2.05) is 11.8 Å². The van der Waals surface area contributed by atoms with Crippen LogP contribution in [0.25, 0.3) is 6.08 Å². The van der Waals surface area contributed by atoms with Gasteiger partial charge in [0.05, 0.1) is 5.37 Å². The number of benzene rings is 1. The van der Waals surface area contributed by atoms with E-state index in [-0.39, 0.29) is 0 Å². The molecule has 1 aromatic rings. The van der Waals surface area contributed by atoms with Gasteiger partial charge < -0.3 is 4.90 Å². The molecule has 1 unspecified atom stereocenters. The largest absolute Gasteiger partial charge is 0.362 e. The van der Waals surface area contributed by atoms with Gasteiger partial charge in [-0.05, 0) is 31.4 Å². The summed E-state index contributed by atoms with van der Waals surface area (Å²) in [4.78, 5) is 3.75. The third-order valence-electron chi connectivity index (χ3n) is 3.56. The minimum Gasteiger partial charge on any atom is -0.362 e. The third kappa shape index (κ3) is 2.81. The molecule has 1 aliphatic heterocycles. The number of aryl methyl sites for hydroxylation is 1. The lowest BCUT2D eigenvalue weighted by Crippen LogP contribution is -2.20. The summed E-state index contributed by atoms with van der Waals surface area (Å²) in [5, 5.41) is 0.441. The van der Waals surface area contributed by atoms with Gasteiger partial charge in [0.1, 0.15) is 0 Å². The van der Waals surface area contributed by atoms with Gasteiger partial charge in [0, 0.05) is 17.6 Å². The summed E-state index contributed by atoms with van der Waals surface area (Å²) in [5.74, 6) is 0. The van der Waals surface area contributed by atoms with Crippen LogP contribution >= 0.6 is 11.8 Å². The van der Waals surface area contributed by atoms with E-state index in [1.54, 1.807) is 0 Å². The summed E-state index contributed by atoms with van der Waals surface area (Å²) in [5.41, 5.74) is 4.06. The van der Waals surface area contributed by atoms with Crippen molar-refractivity contribution in [2.75, 3.05) is 7.05 Å². The fourth-order valence-electron chi connectivity index (χ4n) is 2.01.